The quantitative estimate of drug-likeness (QED) is 0.708. The number of hydrogen-bond acceptors (Lipinski definition) is 5. The average Bonchev–Trinajstić information content (AvgIpc) is 2.54. The van der Waals surface area contributed by atoms with Gasteiger partial charge < -0.3 is 11.1 Å². The Kier molecular flexibility index (Phi) is 5.53. The normalized spacial score (nSPS) is 11.9. The van der Waals surface area contributed by atoms with Crippen molar-refractivity contribution in [2.75, 3.05) is 5.32 Å². The van der Waals surface area contributed by atoms with Gasteiger partial charge in [0.25, 0.3) is 0 Å². The van der Waals surface area contributed by atoms with Gasteiger partial charge in [0.05, 0.1) is 11.8 Å². The number of thiol groups is 1. The highest BCUT2D eigenvalue weighted by Crippen LogP contribution is 2.20. The van der Waals surface area contributed by atoms with Crippen LogP contribution in [0.2, 0.25) is 0 Å². The molecule has 1 unspecified atom stereocenters. The molecule has 0 heterocycles. The minimum Gasteiger partial charge on any atom is -0.366 e. The van der Waals surface area contributed by atoms with Gasteiger partial charge in [-0.1, -0.05) is 36.4 Å². The van der Waals surface area contributed by atoms with Gasteiger partial charge in [-0.2, -0.15) is 5.26 Å². The largest absolute Gasteiger partial charge is 0.366 e. The molecular formula is C16H17N3O2S. The maximum atomic E-state index is 10.7. The van der Waals surface area contributed by atoms with E-state index in [4.69, 9.17) is 5.73 Å². The second-order valence-corrected chi connectivity index (χ2v) is 5.82. The fourth-order valence-corrected chi connectivity index (χ4v) is 2.57. The van der Waals surface area contributed by atoms with Crippen LogP contribution in [-0.2, 0) is 23.0 Å². The molecule has 0 aliphatic rings. The molecule has 0 fully saturated rings. The van der Waals surface area contributed by atoms with Gasteiger partial charge in [-0.3, -0.25) is 0 Å². The first-order valence-corrected chi connectivity index (χ1v) is 8.14. The molecule has 0 aliphatic heterocycles. The van der Waals surface area contributed by atoms with Gasteiger partial charge in [0.2, 0.25) is 0 Å². The van der Waals surface area contributed by atoms with E-state index < -0.39 is 16.7 Å². The van der Waals surface area contributed by atoms with Crippen LogP contribution in [0.15, 0.2) is 48.5 Å². The Morgan fingerprint density at radius 2 is 1.64 bits per heavy atom. The molecular weight excluding hydrogens is 298 g/mol. The van der Waals surface area contributed by atoms with Gasteiger partial charge >= 0.3 is 0 Å². The zero-order valence-electron chi connectivity index (χ0n) is 11.9. The van der Waals surface area contributed by atoms with E-state index in [-0.39, 0.29) is 5.75 Å². The average molecular weight is 315 g/mol. The van der Waals surface area contributed by atoms with E-state index in [1.807, 2.05) is 24.3 Å². The molecule has 0 spiro atoms. The highest BCUT2D eigenvalue weighted by molar-refractivity contribution is 7.71. The van der Waals surface area contributed by atoms with Crippen molar-refractivity contribution < 1.29 is 8.42 Å². The minimum absolute atomic E-state index is 0.0256. The molecule has 0 radical (unpaired) electrons. The first kappa shape index (κ1) is 16.0. The Morgan fingerprint density at radius 3 is 2.14 bits per heavy atom. The zero-order valence-corrected chi connectivity index (χ0v) is 12.8. The van der Waals surface area contributed by atoms with E-state index >= 15 is 0 Å². The van der Waals surface area contributed by atoms with E-state index in [1.54, 1.807) is 24.3 Å². The molecule has 114 valence electrons. The Morgan fingerprint density at radius 1 is 1.05 bits per heavy atom. The van der Waals surface area contributed by atoms with Crippen molar-refractivity contribution >= 4 is 16.4 Å². The Hall–Kier alpha value is -2.36. The summed E-state index contributed by atoms with van der Waals surface area (Å²) >= 11 is 0. The maximum Gasteiger partial charge on any atom is 0.144 e. The molecule has 0 saturated carbocycles. The summed E-state index contributed by atoms with van der Waals surface area (Å²) in [5.41, 5.74) is 8.91. The van der Waals surface area contributed by atoms with Gasteiger partial charge in [0.1, 0.15) is 16.7 Å². The summed E-state index contributed by atoms with van der Waals surface area (Å²) in [5.74, 6) is 0.0256. The van der Waals surface area contributed by atoms with E-state index in [0.717, 1.165) is 22.4 Å². The lowest BCUT2D eigenvalue weighted by molar-refractivity contribution is 0.614. The van der Waals surface area contributed by atoms with E-state index in [2.05, 4.69) is 11.4 Å². The maximum absolute atomic E-state index is 10.7. The van der Waals surface area contributed by atoms with Crippen molar-refractivity contribution in [1.29, 1.82) is 5.26 Å². The summed E-state index contributed by atoms with van der Waals surface area (Å²) in [7, 11) is -2.43. The third-order valence-corrected chi connectivity index (χ3v) is 3.88. The summed E-state index contributed by atoms with van der Waals surface area (Å²) in [6, 6.07) is 16.3. The Bertz CT molecular complexity index is 723. The summed E-state index contributed by atoms with van der Waals surface area (Å²) in [6.07, 6.45) is 0. The predicted octanol–water partition coefficient (Wildman–Crippen LogP) is 1.93. The third kappa shape index (κ3) is 4.32. The topological polar surface area (TPSA) is 96.0 Å². The Balaban J connectivity index is 2.10. The highest BCUT2D eigenvalue weighted by Gasteiger charge is 2.10. The minimum atomic E-state index is -2.43. The van der Waals surface area contributed by atoms with Crippen molar-refractivity contribution in [3.05, 3.63) is 65.2 Å². The van der Waals surface area contributed by atoms with Gasteiger partial charge in [0, 0.05) is 12.2 Å². The van der Waals surface area contributed by atoms with Gasteiger partial charge in [-0.05, 0) is 28.8 Å². The molecule has 0 aromatic heterocycles. The lowest BCUT2D eigenvalue weighted by Gasteiger charge is -2.14. The molecule has 3 N–H and O–H groups in total. The SMILES string of the molecule is N#CC(Nc1ccc(C[SH](=O)=O)cc1)c1ccc(CN)cc1. The van der Waals surface area contributed by atoms with Crippen LogP contribution in [0.1, 0.15) is 22.7 Å². The van der Waals surface area contributed by atoms with E-state index in [0.29, 0.717) is 6.54 Å². The molecule has 22 heavy (non-hydrogen) atoms. The standard InChI is InChI=1S/C16H17N3O2S/c17-9-12-1-5-14(6-2-12)16(10-18)19-15-7-3-13(4-8-15)11-22(20)21/h1-8,16,19,22H,9,11,17H2. The van der Waals surface area contributed by atoms with Crippen molar-refractivity contribution in [2.45, 2.75) is 18.3 Å². The lowest BCUT2D eigenvalue weighted by atomic mass is 10.1. The van der Waals surface area contributed by atoms with Gasteiger partial charge in [-0.25, -0.2) is 8.42 Å². The van der Waals surface area contributed by atoms with Crippen molar-refractivity contribution in [3.63, 3.8) is 0 Å². The fourth-order valence-electron chi connectivity index (χ4n) is 2.06. The Labute approximate surface area is 131 Å². The summed E-state index contributed by atoms with van der Waals surface area (Å²) in [4.78, 5) is 0. The zero-order chi connectivity index (χ0) is 15.9. The van der Waals surface area contributed by atoms with Crippen LogP contribution < -0.4 is 11.1 Å². The van der Waals surface area contributed by atoms with Crippen LogP contribution in [0.4, 0.5) is 5.69 Å². The van der Waals surface area contributed by atoms with E-state index in [1.165, 1.54) is 0 Å². The molecule has 2 aromatic rings. The molecule has 0 aliphatic carbocycles. The summed E-state index contributed by atoms with van der Waals surface area (Å²) in [5, 5.41) is 12.4. The number of nitrogens with two attached hydrogens (primary N) is 1. The first-order valence-electron chi connectivity index (χ1n) is 6.78. The lowest BCUT2D eigenvalue weighted by Crippen LogP contribution is -2.09. The predicted molar refractivity (Wildman–Crippen MR) is 86.8 cm³/mol. The monoisotopic (exact) mass is 315 g/mol. The first-order chi connectivity index (χ1) is 10.6. The molecule has 0 amide bonds. The fraction of sp³-hybridized carbons (Fsp3) is 0.188. The molecule has 2 aromatic carbocycles. The smallest absolute Gasteiger partial charge is 0.144 e. The van der Waals surface area contributed by atoms with Crippen LogP contribution in [-0.4, -0.2) is 8.42 Å². The molecule has 6 heteroatoms. The second kappa shape index (κ2) is 7.59. The number of anilines is 1. The van der Waals surface area contributed by atoms with Crippen LogP contribution in [0.25, 0.3) is 0 Å². The van der Waals surface area contributed by atoms with Crippen LogP contribution in [0.5, 0.6) is 0 Å². The van der Waals surface area contributed by atoms with Crippen molar-refractivity contribution in [3.8, 4) is 6.07 Å². The number of rotatable bonds is 6. The number of nitrogens with one attached hydrogen (secondary N) is 1. The second-order valence-electron chi connectivity index (χ2n) is 4.84. The van der Waals surface area contributed by atoms with Crippen LogP contribution in [0.3, 0.4) is 0 Å². The molecule has 5 nitrogen and oxygen atoms in total. The number of hydrogen-bond donors (Lipinski definition) is 3. The molecule has 2 rings (SSSR count). The third-order valence-electron chi connectivity index (χ3n) is 3.25. The molecule has 0 bridgehead atoms. The van der Waals surface area contributed by atoms with Gasteiger partial charge in [0.15, 0.2) is 0 Å². The number of nitrogens with zero attached hydrogens (tertiary/aromatic N) is 1. The molecule has 0 saturated heterocycles. The van der Waals surface area contributed by atoms with Gasteiger partial charge in [-0.15, -0.1) is 0 Å². The molecule has 1 atom stereocenters. The van der Waals surface area contributed by atoms with Crippen molar-refractivity contribution in [1.82, 2.24) is 0 Å². The number of nitriles is 1. The number of benzene rings is 2. The highest BCUT2D eigenvalue weighted by atomic mass is 32.2. The van der Waals surface area contributed by atoms with Crippen LogP contribution in [0, 0.1) is 11.3 Å². The summed E-state index contributed by atoms with van der Waals surface area (Å²) in [6.45, 7) is 0.467. The van der Waals surface area contributed by atoms with E-state index in [9.17, 15) is 13.7 Å². The van der Waals surface area contributed by atoms with Crippen molar-refractivity contribution in [2.24, 2.45) is 5.73 Å². The van der Waals surface area contributed by atoms with Crippen LogP contribution >= 0.6 is 0 Å². The summed E-state index contributed by atoms with van der Waals surface area (Å²) < 4.78 is 21.4.